The fourth-order valence-corrected chi connectivity index (χ4v) is 2.60. The van der Waals surface area contributed by atoms with Gasteiger partial charge in [-0.05, 0) is 38.5 Å². The number of hydrogen-bond acceptors (Lipinski definition) is 6. The average Bonchev–Trinajstić information content (AvgIpc) is 2.73. The van der Waals surface area contributed by atoms with E-state index in [0.29, 0.717) is 38.9 Å². The molecule has 0 aliphatic rings. The standard InChI is InChI=1S/C18H34O4.C6H10O4/c1-3-5-15-21-17(19)13-11-9-7-8-10-12-14-18(20)22-16-6-4-2;7-5(8)3-1-2-4-6(9)10/h3-16H2,1-2H3;1-4H2,(H,7,8)(H,9,10). The Hall–Kier alpha value is -2.12. The minimum Gasteiger partial charge on any atom is -0.481 e. The number of aliphatic carboxylic acids is 2. The van der Waals surface area contributed by atoms with E-state index in [0.717, 1.165) is 64.2 Å². The molecule has 0 aromatic rings. The van der Waals surface area contributed by atoms with Gasteiger partial charge < -0.3 is 19.7 Å². The highest BCUT2D eigenvalue weighted by Gasteiger charge is 2.04. The molecule has 0 bridgehead atoms. The summed E-state index contributed by atoms with van der Waals surface area (Å²) in [6, 6.07) is 0. The molecule has 0 heterocycles. The maximum Gasteiger partial charge on any atom is 0.305 e. The highest BCUT2D eigenvalue weighted by Crippen LogP contribution is 2.10. The van der Waals surface area contributed by atoms with Crippen LogP contribution in [0.2, 0.25) is 0 Å². The van der Waals surface area contributed by atoms with Crippen molar-refractivity contribution >= 4 is 23.9 Å². The van der Waals surface area contributed by atoms with E-state index in [1.807, 2.05) is 0 Å². The van der Waals surface area contributed by atoms with Crippen LogP contribution >= 0.6 is 0 Å². The summed E-state index contributed by atoms with van der Waals surface area (Å²) in [5.41, 5.74) is 0. The quantitative estimate of drug-likeness (QED) is 0.180. The van der Waals surface area contributed by atoms with Crippen LogP contribution in [0.15, 0.2) is 0 Å². The number of carbonyl (C=O) groups excluding carboxylic acids is 2. The van der Waals surface area contributed by atoms with Gasteiger partial charge in [0.25, 0.3) is 0 Å². The molecule has 32 heavy (non-hydrogen) atoms. The van der Waals surface area contributed by atoms with E-state index in [1.54, 1.807) is 0 Å². The molecule has 0 aliphatic carbocycles. The van der Waals surface area contributed by atoms with Gasteiger partial charge in [-0.15, -0.1) is 0 Å². The van der Waals surface area contributed by atoms with Crippen molar-refractivity contribution in [2.75, 3.05) is 13.2 Å². The Morgan fingerprint density at radius 3 is 1.12 bits per heavy atom. The molecule has 0 aromatic carbocycles. The van der Waals surface area contributed by atoms with Crippen molar-refractivity contribution in [2.24, 2.45) is 0 Å². The van der Waals surface area contributed by atoms with Crippen LogP contribution in [0, 0.1) is 0 Å². The lowest BCUT2D eigenvalue weighted by molar-refractivity contribution is -0.144. The first-order chi connectivity index (χ1) is 15.3. The minimum absolute atomic E-state index is 0.0628. The number of rotatable bonds is 20. The van der Waals surface area contributed by atoms with Crippen molar-refractivity contribution < 1.29 is 38.9 Å². The third-order valence-corrected chi connectivity index (χ3v) is 4.56. The molecule has 0 saturated heterocycles. The zero-order valence-corrected chi connectivity index (χ0v) is 20.1. The van der Waals surface area contributed by atoms with Crippen molar-refractivity contribution in [1.82, 2.24) is 0 Å². The van der Waals surface area contributed by atoms with Crippen molar-refractivity contribution in [1.29, 1.82) is 0 Å². The molecule has 0 atom stereocenters. The minimum atomic E-state index is -0.870. The van der Waals surface area contributed by atoms with E-state index in [-0.39, 0.29) is 24.8 Å². The van der Waals surface area contributed by atoms with Crippen molar-refractivity contribution in [3.63, 3.8) is 0 Å². The molecule has 188 valence electrons. The molecular weight excluding hydrogens is 416 g/mol. The van der Waals surface area contributed by atoms with Gasteiger partial charge in [-0.25, -0.2) is 0 Å². The van der Waals surface area contributed by atoms with Gasteiger partial charge in [0.1, 0.15) is 0 Å². The van der Waals surface area contributed by atoms with Crippen LogP contribution in [0.25, 0.3) is 0 Å². The lowest BCUT2D eigenvalue weighted by Gasteiger charge is -2.05. The molecule has 0 aromatic heterocycles. The van der Waals surface area contributed by atoms with Crippen LogP contribution in [0.5, 0.6) is 0 Å². The molecular formula is C24H44O8. The van der Waals surface area contributed by atoms with Crippen molar-refractivity contribution in [3.8, 4) is 0 Å². The Morgan fingerprint density at radius 1 is 0.500 bits per heavy atom. The predicted octanol–water partition coefficient (Wildman–Crippen LogP) is 5.51. The Bertz CT molecular complexity index is 446. The number of unbranched alkanes of at least 4 members (excludes halogenated alkanes) is 8. The Balaban J connectivity index is 0. The third kappa shape index (κ3) is 30.1. The zero-order valence-electron chi connectivity index (χ0n) is 20.1. The number of hydrogen-bond donors (Lipinski definition) is 2. The van der Waals surface area contributed by atoms with E-state index in [9.17, 15) is 19.2 Å². The second-order valence-electron chi connectivity index (χ2n) is 7.76. The molecule has 8 heteroatoms. The van der Waals surface area contributed by atoms with E-state index < -0.39 is 11.9 Å². The largest absolute Gasteiger partial charge is 0.481 e. The van der Waals surface area contributed by atoms with Crippen LogP contribution in [0.1, 0.15) is 117 Å². The van der Waals surface area contributed by atoms with Crippen LogP contribution < -0.4 is 0 Å². The van der Waals surface area contributed by atoms with Gasteiger partial charge in [-0.1, -0.05) is 52.4 Å². The topological polar surface area (TPSA) is 127 Å². The van der Waals surface area contributed by atoms with E-state index in [1.165, 1.54) is 0 Å². The summed E-state index contributed by atoms with van der Waals surface area (Å²) in [5, 5.41) is 16.3. The SMILES string of the molecule is CCCCOC(=O)CCCCCCCCC(=O)OCCCC.O=C(O)CCCCC(=O)O. The highest BCUT2D eigenvalue weighted by atomic mass is 16.5. The average molecular weight is 461 g/mol. The van der Waals surface area contributed by atoms with Crippen molar-refractivity contribution in [2.45, 2.75) is 117 Å². The number of esters is 2. The normalized spacial score (nSPS) is 10.1. The fourth-order valence-electron chi connectivity index (χ4n) is 2.60. The lowest BCUT2D eigenvalue weighted by Crippen LogP contribution is -2.05. The van der Waals surface area contributed by atoms with Crippen LogP contribution in [0.3, 0.4) is 0 Å². The number of carboxylic acids is 2. The molecule has 2 N–H and O–H groups in total. The molecule has 0 aliphatic heterocycles. The van der Waals surface area contributed by atoms with Gasteiger partial charge in [0.15, 0.2) is 0 Å². The monoisotopic (exact) mass is 460 g/mol. The summed E-state index contributed by atoms with van der Waals surface area (Å²) in [6.45, 7) is 5.28. The molecule has 0 fully saturated rings. The third-order valence-electron chi connectivity index (χ3n) is 4.56. The van der Waals surface area contributed by atoms with Gasteiger partial charge in [0.05, 0.1) is 13.2 Å². The van der Waals surface area contributed by atoms with Crippen molar-refractivity contribution in [3.05, 3.63) is 0 Å². The van der Waals surface area contributed by atoms with E-state index >= 15 is 0 Å². The second-order valence-corrected chi connectivity index (χ2v) is 7.76. The Labute approximate surface area is 193 Å². The van der Waals surface area contributed by atoms with Gasteiger partial charge in [-0.3, -0.25) is 19.2 Å². The van der Waals surface area contributed by atoms with Crippen LogP contribution in [0.4, 0.5) is 0 Å². The Kier molecular flexibility index (Phi) is 25.2. The summed E-state index contributed by atoms with van der Waals surface area (Å²) in [5.74, 6) is -1.87. The van der Waals surface area contributed by atoms with Crippen LogP contribution in [-0.2, 0) is 28.7 Å². The number of carbonyl (C=O) groups is 4. The van der Waals surface area contributed by atoms with Gasteiger partial charge in [-0.2, -0.15) is 0 Å². The maximum absolute atomic E-state index is 11.4. The second kappa shape index (κ2) is 25.1. The van der Waals surface area contributed by atoms with Gasteiger partial charge >= 0.3 is 23.9 Å². The molecule has 0 unspecified atom stereocenters. The lowest BCUT2D eigenvalue weighted by atomic mass is 10.1. The maximum atomic E-state index is 11.4. The molecule has 0 amide bonds. The summed E-state index contributed by atoms with van der Waals surface area (Å²) in [7, 11) is 0. The first kappa shape index (κ1) is 32.1. The summed E-state index contributed by atoms with van der Waals surface area (Å²) in [4.78, 5) is 42.5. The first-order valence-electron chi connectivity index (χ1n) is 12.1. The smallest absolute Gasteiger partial charge is 0.305 e. The molecule has 0 saturated carbocycles. The van der Waals surface area contributed by atoms with E-state index in [2.05, 4.69) is 13.8 Å². The van der Waals surface area contributed by atoms with Crippen LogP contribution in [-0.4, -0.2) is 47.3 Å². The summed E-state index contributed by atoms with van der Waals surface area (Å²) < 4.78 is 10.2. The number of ether oxygens (including phenoxy) is 2. The zero-order chi connectivity index (χ0) is 24.5. The summed E-state index contributed by atoms with van der Waals surface area (Å²) >= 11 is 0. The van der Waals surface area contributed by atoms with Gasteiger partial charge in [0.2, 0.25) is 0 Å². The first-order valence-corrected chi connectivity index (χ1v) is 12.1. The highest BCUT2D eigenvalue weighted by molar-refractivity contribution is 5.69. The summed E-state index contributed by atoms with van der Waals surface area (Å²) in [6.07, 6.45) is 12.3. The van der Waals surface area contributed by atoms with E-state index in [4.69, 9.17) is 19.7 Å². The molecule has 0 spiro atoms. The molecule has 0 radical (unpaired) electrons. The molecule has 8 nitrogen and oxygen atoms in total. The molecule has 0 rings (SSSR count). The predicted molar refractivity (Wildman–Crippen MR) is 122 cm³/mol. The van der Waals surface area contributed by atoms with Gasteiger partial charge in [0, 0.05) is 25.7 Å². The number of carboxylic acid groups (broad SMARTS) is 2. The Morgan fingerprint density at radius 2 is 0.812 bits per heavy atom. The fraction of sp³-hybridized carbons (Fsp3) is 0.833.